The van der Waals surface area contributed by atoms with Gasteiger partial charge in [-0.1, -0.05) is 36.4 Å². The summed E-state index contributed by atoms with van der Waals surface area (Å²) in [6, 6.07) is 15.2. The molecular weight excluding hydrogens is 349 g/mol. The average Bonchev–Trinajstić information content (AvgIpc) is 3.37. The molecule has 4 rings (SSSR count). The van der Waals surface area contributed by atoms with Gasteiger partial charge in [-0.15, -0.1) is 11.3 Å². The van der Waals surface area contributed by atoms with Crippen molar-refractivity contribution in [3.63, 3.8) is 0 Å². The second-order valence-corrected chi connectivity index (χ2v) is 7.84. The van der Waals surface area contributed by atoms with Gasteiger partial charge in [-0.3, -0.25) is 4.79 Å². The van der Waals surface area contributed by atoms with E-state index in [9.17, 15) is 9.18 Å². The molecule has 1 saturated carbocycles. The van der Waals surface area contributed by atoms with E-state index >= 15 is 0 Å². The summed E-state index contributed by atoms with van der Waals surface area (Å²) in [4.78, 5) is 13.4. The van der Waals surface area contributed by atoms with E-state index in [4.69, 9.17) is 4.74 Å². The average molecular weight is 369 g/mol. The van der Waals surface area contributed by atoms with Crippen molar-refractivity contribution in [3.8, 4) is 0 Å². The summed E-state index contributed by atoms with van der Waals surface area (Å²) < 4.78 is 20.3. The lowest BCUT2D eigenvalue weighted by Crippen LogP contribution is -2.32. The molecule has 0 saturated heterocycles. The SMILES string of the molecule is COCc1c(C(=O)NCC2(c3ccccc3)CC2)sc2cccc(F)c12. The van der Waals surface area contributed by atoms with E-state index in [2.05, 4.69) is 17.4 Å². The lowest BCUT2D eigenvalue weighted by molar-refractivity contribution is 0.0949. The van der Waals surface area contributed by atoms with Gasteiger partial charge in [-0.25, -0.2) is 4.39 Å². The Balaban J connectivity index is 1.59. The summed E-state index contributed by atoms with van der Waals surface area (Å²) in [7, 11) is 1.56. The number of carbonyl (C=O) groups excluding carboxylic acids is 1. The minimum absolute atomic E-state index is 0.0419. The first kappa shape index (κ1) is 17.2. The molecule has 1 aliphatic carbocycles. The van der Waals surface area contributed by atoms with Crippen molar-refractivity contribution >= 4 is 27.3 Å². The Kier molecular flexibility index (Phi) is 4.51. The maximum atomic E-state index is 14.3. The van der Waals surface area contributed by atoms with Crippen LogP contribution in [0.2, 0.25) is 0 Å². The molecule has 1 heterocycles. The van der Waals surface area contributed by atoms with Crippen LogP contribution in [0.25, 0.3) is 10.1 Å². The highest BCUT2D eigenvalue weighted by atomic mass is 32.1. The summed E-state index contributed by atoms with van der Waals surface area (Å²) in [6.07, 6.45) is 2.15. The maximum absolute atomic E-state index is 14.3. The molecule has 0 bridgehead atoms. The second-order valence-electron chi connectivity index (χ2n) is 6.78. The maximum Gasteiger partial charge on any atom is 0.261 e. The van der Waals surface area contributed by atoms with Crippen molar-refractivity contribution in [2.75, 3.05) is 13.7 Å². The van der Waals surface area contributed by atoms with E-state index in [1.807, 2.05) is 24.3 Å². The molecule has 0 radical (unpaired) electrons. The molecule has 3 nitrogen and oxygen atoms in total. The lowest BCUT2D eigenvalue weighted by atomic mass is 9.96. The predicted molar refractivity (Wildman–Crippen MR) is 102 cm³/mol. The van der Waals surface area contributed by atoms with Crippen LogP contribution in [0.3, 0.4) is 0 Å². The summed E-state index contributed by atoms with van der Waals surface area (Å²) in [5.74, 6) is -0.465. The summed E-state index contributed by atoms with van der Waals surface area (Å²) in [6.45, 7) is 0.812. The van der Waals surface area contributed by atoms with Crippen molar-refractivity contribution < 1.29 is 13.9 Å². The van der Waals surface area contributed by atoms with Crippen LogP contribution >= 0.6 is 11.3 Å². The number of carbonyl (C=O) groups is 1. The van der Waals surface area contributed by atoms with E-state index in [1.54, 1.807) is 13.2 Å². The third-order valence-electron chi connectivity index (χ3n) is 5.09. The third kappa shape index (κ3) is 3.02. The largest absolute Gasteiger partial charge is 0.380 e. The van der Waals surface area contributed by atoms with Gasteiger partial charge in [0.15, 0.2) is 0 Å². The Morgan fingerprint density at radius 3 is 2.65 bits per heavy atom. The van der Waals surface area contributed by atoms with Gasteiger partial charge in [0, 0.05) is 34.7 Å². The highest BCUT2D eigenvalue weighted by Gasteiger charge is 2.44. The number of hydrogen-bond acceptors (Lipinski definition) is 3. The van der Waals surface area contributed by atoms with Crippen molar-refractivity contribution in [1.29, 1.82) is 0 Å². The van der Waals surface area contributed by atoms with Crippen molar-refractivity contribution in [2.45, 2.75) is 24.9 Å². The molecule has 1 aromatic heterocycles. The zero-order valence-corrected chi connectivity index (χ0v) is 15.4. The van der Waals surface area contributed by atoms with Gasteiger partial charge in [-0.05, 0) is 30.5 Å². The molecule has 0 aliphatic heterocycles. The summed E-state index contributed by atoms with van der Waals surface area (Å²) in [5, 5.41) is 3.57. The van der Waals surface area contributed by atoms with E-state index in [1.165, 1.54) is 23.0 Å². The van der Waals surface area contributed by atoms with Crippen LogP contribution < -0.4 is 5.32 Å². The van der Waals surface area contributed by atoms with E-state index in [0.717, 1.165) is 17.5 Å². The molecule has 2 aromatic carbocycles. The summed E-state index contributed by atoms with van der Waals surface area (Å²) in [5.41, 5.74) is 1.94. The molecule has 1 N–H and O–H groups in total. The number of amides is 1. The molecule has 0 unspecified atom stereocenters. The zero-order valence-electron chi connectivity index (χ0n) is 14.5. The minimum atomic E-state index is -0.312. The quantitative estimate of drug-likeness (QED) is 0.687. The second kappa shape index (κ2) is 6.82. The standard InChI is InChI=1S/C21H20FNO2S/c1-25-12-15-18-16(22)8-5-9-17(18)26-19(15)20(24)23-13-21(10-11-21)14-6-3-2-4-7-14/h2-9H,10-13H2,1H3,(H,23,24). The van der Waals surface area contributed by atoms with E-state index < -0.39 is 0 Å². The van der Waals surface area contributed by atoms with Gasteiger partial charge in [0.1, 0.15) is 5.82 Å². The molecule has 1 amide bonds. The number of ether oxygens (including phenoxy) is 1. The van der Waals surface area contributed by atoms with Crippen molar-refractivity contribution in [2.24, 2.45) is 0 Å². The summed E-state index contributed by atoms with van der Waals surface area (Å²) >= 11 is 1.32. The minimum Gasteiger partial charge on any atom is -0.380 e. The zero-order chi connectivity index (χ0) is 18.1. The third-order valence-corrected chi connectivity index (χ3v) is 6.28. The lowest BCUT2D eigenvalue weighted by Gasteiger charge is -2.16. The van der Waals surface area contributed by atoms with Gasteiger partial charge in [0.25, 0.3) is 5.91 Å². The Hall–Kier alpha value is -2.24. The number of nitrogens with one attached hydrogen (secondary N) is 1. The van der Waals surface area contributed by atoms with Gasteiger partial charge < -0.3 is 10.1 Å². The Bertz CT molecular complexity index is 947. The first-order chi connectivity index (χ1) is 12.6. The number of halogens is 1. The fourth-order valence-corrected chi connectivity index (χ4v) is 4.61. The number of methoxy groups -OCH3 is 1. The Morgan fingerprint density at radius 2 is 1.96 bits per heavy atom. The van der Waals surface area contributed by atoms with Crippen molar-refractivity contribution in [1.82, 2.24) is 5.32 Å². The molecular formula is C21H20FNO2S. The number of thiophene rings is 1. The molecule has 0 spiro atoms. The van der Waals surface area contributed by atoms with Crippen LogP contribution in [-0.2, 0) is 16.8 Å². The molecule has 1 fully saturated rings. The fourth-order valence-electron chi connectivity index (χ4n) is 3.47. The van der Waals surface area contributed by atoms with Gasteiger partial charge >= 0.3 is 0 Å². The first-order valence-corrected chi connectivity index (χ1v) is 9.49. The Labute approximate surface area is 155 Å². The topological polar surface area (TPSA) is 38.3 Å². The Morgan fingerprint density at radius 1 is 1.19 bits per heavy atom. The van der Waals surface area contributed by atoms with Crippen LogP contribution in [0, 0.1) is 5.82 Å². The molecule has 0 atom stereocenters. The van der Waals surface area contributed by atoms with E-state index in [0.29, 0.717) is 22.4 Å². The van der Waals surface area contributed by atoms with Crippen molar-refractivity contribution in [3.05, 3.63) is 70.4 Å². The molecule has 26 heavy (non-hydrogen) atoms. The van der Waals surface area contributed by atoms with Gasteiger partial charge in [0.2, 0.25) is 0 Å². The normalized spacial score (nSPS) is 15.2. The van der Waals surface area contributed by atoms with Gasteiger partial charge in [0.05, 0.1) is 11.5 Å². The van der Waals surface area contributed by atoms with Crippen LogP contribution in [0.1, 0.15) is 33.6 Å². The molecule has 1 aliphatic rings. The highest BCUT2D eigenvalue weighted by Crippen LogP contribution is 2.47. The molecule has 5 heteroatoms. The number of fused-ring (bicyclic) bond motifs is 1. The number of hydrogen-bond donors (Lipinski definition) is 1. The van der Waals surface area contributed by atoms with Gasteiger partial charge in [-0.2, -0.15) is 0 Å². The molecule has 134 valence electrons. The predicted octanol–water partition coefficient (Wildman–Crippen LogP) is 4.65. The molecule has 3 aromatic rings. The smallest absolute Gasteiger partial charge is 0.261 e. The number of rotatable bonds is 6. The van der Waals surface area contributed by atoms with Crippen LogP contribution in [0.4, 0.5) is 4.39 Å². The fraction of sp³-hybridized carbons (Fsp3) is 0.286. The van der Waals surface area contributed by atoms with Crippen LogP contribution in [0.15, 0.2) is 48.5 Å². The highest BCUT2D eigenvalue weighted by molar-refractivity contribution is 7.21. The van der Waals surface area contributed by atoms with E-state index in [-0.39, 0.29) is 23.7 Å². The van der Waals surface area contributed by atoms with Crippen LogP contribution in [-0.4, -0.2) is 19.6 Å². The first-order valence-electron chi connectivity index (χ1n) is 8.67. The monoisotopic (exact) mass is 369 g/mol. The number of benzene rings is 2. The van der Waals surface area contributed by atoms with Crippen LogP contribution in [0.5, 0.6) is 0 Å².